The van der Waals surface area contributed by atoms with E-state index < -0.39 is 21.9 Å². The van der Waals surface area contributed by atoms with Crippen molar-refractivity contribution in [2.45, 2.75) is 17.9 Å². The van der Waals surface area contributed by atoms with Crippen molar-refractivity contribution in [1.29, 1.82) is 0 Å². The van der Waals surface area contributed by atoms with Crippen LogP contribution >= 0.6 is 0 Å². The van der Waals surface area contributed by atoms with Crippen molar-refractivity contribution >= 4 is 15.7 Å². The number of nitrogen functional groups attached to an aromatic ring is 1. The molecule has 0 saturated heterocycles. The normalized spacial score (nSPS) is 13.7. The molecular formula is C9H13FN2O3S. The van der Waals surface area contributed by atoms with Crippen LogP contribution in [0.4, 0.5) is 10.1 Å². The molecule has 0 spiro atoms. The largest absolute Gasteiger partial charge is 0.396 e. The molecule has 0 aromatic heterocycles. The van der Waals surface area contributed by atoms with Gasteiger partial charge in [-0.2, -0.15) is 0 Å². The number of nitrogens with two attached hydrogens (primary N) is 1. The number of sulfonamides is 1. The van der Waals surface area contributed by atoms with Crippen molar-refractivity contribution < 1.29 is 17.9 Å². The first-order valence-electron chi connectivity index (χ1n) is 4.55. The van der Waals surface area contributed by atoms with Crippen LogP contribution in [-0.2, 0) is 10.0 Å². The van der Waals surface area contributed by atoms with E-state index in [2.05, 4.69) is 4.72 Å². The summed E-state index contributed by atoms with van der Waals surface area (Å²) >= 11 is 0. The Hall–Kier alpha value is -1.18. The summed E-state index contributed by atoms with van der Waals surface area (Å²) < 4.78 is 38.2. The highest BCUT2D eigenvalue weighted by atomic mass is 32.2. The van der Waals surface area contributed by atoms with Gasteiger partial charge in [0.15, 0.2) is 0 Å². The summed E-state index contributed by atoms with van der Waals surface area (Å²) in [4.78, 5) is -0.132. The Bertz CT molecular complexity index is 474. The molecule has 0 saturated carbocycles. The molecule has 0 aliphatic carbocycles. The summed E-state index contributed by atoms with van der Waals surface area (Å²) in [5.41, 5.74) is 5.02. The number of anilines is 1. The fraction of sp³-hybridized carbons (Fsp3) is 0.333. The molecule has 0 amide bonds. The lowest BCUT2D eigenvalue weighted by atomic mass is 10.3. The SMILES string of the molecule is CC(O)CNS(=O)(=O)c1ccc(F)c(N)c1. The first-order chi connectivity index (χ1) is 7.33. The van der Waals surface area contributed by atoms with Gasteiger partial charge in [-0.25, -0.2) is 17.5 Å². The van der Waals surface area contributed by atoms with Crippen molar-refractivity contribution in [1.82, 2.24) is 4.72 Å². The second-order valence-electron chi connectivity index (χ2n) is 3.38. The monoisotopic (exact) mass is 248 g/mol. The Kier molecular flexibility index (Phi) is 3.84. The molecule has 1 aromatic carbocycles. The maximum atomic E-state index is 12.8. The molecule has 0 fully saturated rings. The second-order valence-corrected chi connectivity index (χ2v) is 5.15. The van der Waals surface area contributed by atoms with Gasteiger partial charge in [-0.1, -0.05) is 0 Å². The Balaban J connectivity index is 2.94. The van der Waals surface area contributed by atoms with E-state index in [9.17, 15) is 12.8 Å². The molecule has 4 N–H and O–H groups in total. The van der Waals surface area contributed by atoms with E-state index in [1.807, 2.05) is 0 Å². The highest BCUT2D eigenvalue weighted by molar-refractivity contribution is 7.89. The van der Waals surface area contributed by atoms with E-state index >= 15 is 0 Å². The highest BCUT2D eigenvalue weighted by Gasteiger charge is 2.15. The molecular weight excluding hydrogens is 235 g/mol. The van der Waals surface area contributed by atoms with Crippen molar-refractivity contribution in [3.63, 3.8) is 0 Å². The zero-order valence-corrected chi connectivity index (χ0v) is 9.46. The number of hydrogen-bond acceptors (Lipinski definition) is 4. The molecule has 1 atom stereocenters. The minimum absolute atomic E-state index is 0.111. The maximum absolute atomic E-state index is 12.8. The predicted octanol–water partition coefficient (Wildman–Crippen LogP) is 0.0670. The van der Waals surface area contributed by atoms with Crippen LogP contribution in [0.25, 0.3) is 0 Å². The summed E-state index contributed by atoms with van der Waals surface area (Å²) in [5, 5.41) is 8.95. The van der Waals surface area contributed by atoms with Crippen molar-refractivity contribution in [2.24, 2.45) is 0 Å². The van der Waals surface area contributed by atoms with Crippen LogP contribution in [0.5, 0.6) is 0 Å². The van der Waals surface area contributed by atoms with Gasteiger partial charge in [0.05, 0.1) is 16.7 Å². The molecule has 0 aliphatic heterocycles. The van der Waals surface area contributed by atoms with Gasteiger partial charge in [0.1, 0.15) is 5.82 Å². The molecule has 0 radical (unpaired) electrons. The molecule has 7 heteroatoms. The van der Waals surface area contributed by atoms with E-state index in [4.69, 9.17) is 10.8 Å². The van der Waals surface area contributed by atoms with Crippen molar-refractivity contribution in [3.05, 3.63) is 24.0 Å². The third-order valence-corrected chi connectivity index (χ3v) is 3.27. The molecule has 16 heavy (non-hydrogen) atoms. The molecule has 0 aliphatic rings. The van der Waals surface area contributed by atoms with Gasteiger partial charge in [0.2, 0.25) is 10.0 Å². The van der Waals surface area contributed by atoms with Gasteiger partial charge >= 0.3 is 0 Å². The van der Waals surface area contributed by atoms with Crippen LogP contribution in [0, 0.1) is 5.82 Å². The number of hydrogen-bond donors (Lipinski definition) is 3. The number of nitrogens with one attached hydrogen (secondary N) is 1. The molecule has 90 valence electrons. The van der Waals surface area contributed by atoms with E-state index in [0.717, 1.165) is 18.2 Å². The Morgan fingerprint density at radius 3 is 2.69 bits per heavy atom. The molecule has 0 bridgehead atoms. The summed E-state index contributed by atoms with van der Waals surface area (Å²) in [7, 11) is -3.75. The zero-order valence-electron chi connectivity index (χ0n) is 8.64. The van der Waals surface area contributed by atoms with Crippen molar-refractivity contribution in [3.8, 4) is 0 Å². The lowest BCUT2D eigenvalue weighted by Crippen LogP contribution is -2.30. The number of aliphatic hydroxyl groups is 1. The van der Waals surface area contributed by atoms with Gasteiger partial charge in [0, 0.05) is 6.54 Å². The van der Waals surface area contributed by atoms with Gasteiger partial charge in [-0.05, 0) is 25.1 Å². The van der Waals surface area contributed by atoms with Gasteiger partial charge in [-0.15, -0.1) is 0 Å². The van der Waals surface area contributed by atoms with Gasteiger partial charge in [0.25, 0.3) is 0 Å². The number of rotatable bonds is 4. The average Bonchev–Trinajstić information content (AvgIpc) is 2.19. The van der Waals surface area contributed by atoms with Crippen LogP contribution < -0.4 is 10.5 Å². The third-order valence-electron chi connectivity index (χ3n) is 1.85. The summed E-state index contributed by atoms with van der Waals surface area (Å²) in [6.45, 7) is 1.33. The Morgan fingerprint density at radius 1 is 1.56 bits per heavy atom. The zero-order chi connectivity index (χ0) is 12.3. The molecule has 1 rings (SSSR count). The van der Waals surface area contributed by atoms with Gasteiger partial charge < -0.3 is 10.8 Å². The van der Waals surface area contributed by atoms with Crippen LogP contribution in [0.2, 0.25) is 0 Å². The summed E-state index contributed by atoms with van der Waals surface area (Å²) in [5.74, 6) is -0.672. The smallest absolute Gasteiger partial charge is 0.240 e. The van der Waals surface area contributed by atoms with E-state index in [-0.39, 0.29) is 17.1 Å². The average molecular weight is 248 g/mol. The van der Waals surface area contributed by atoms with E-state index in [1.165, 1.54) is 6.92 Å². The number of aliphatic hydroxyl groups excluding tert-OH is 1. The number of benzene rings is 1. The quantitative estimate of drug-likeness (QED) is 0.657. The Morgan fingerprint density at radius 2 is 2.19 bits per heavy atom. The summed E-state index contributed by atoms with van der Waals surface area (Å²) in [6, 6.07) is 3.11. The minimum atomic E-state index is -3.75. The minimum Gasteiger partial charge on any atom is -0.396 e. The first-order valence-corrected chi connectivity index (χ1v) is 6.04. The van der Waals surface area contributed by atoms with Crippen molar-refractivity contribution in [2.75, 3.05) is 12.3 Å². The third kappa shape index (κ3) is 3.16. The topological polar surface area (TPSA) is 92.4 Å². The standard InChI is InChI=1S/C9H13FN2O3S/c1-6(13)5-12-16(14,15)7-2-3-8(10)9(11)4-7/h2-4,6,12-13H,5,11H2,1H3. The maximum Gasteiger partial charge on any atom is 0.240 e. The lowest BCUT2D eigenvalue weighted by Gasteiger charge is -2.08. The molecule has 0 heterocycles. The molecule has 1 aromatic rings. The van der Waals surface area contributed by atoms with Crippen LogP contribution in [0.1, 0.15) is 6.92 Å². The number of halogens is 1. The highest BCUT2D eigenvalue weighted by Crippen LogP contribution is 2.16. The first kappa shape index (κ1) is 12.9. The Labute approximate surface area is 93.1 Å². The van der Waals surface area contributed by atoms with Crippen LogP contribution in [0.15, 0.2) is 23.1 Å². The lowest BCUT2D eigenvalue weighted by molar-refractivity contribution is 0.198. The second kappa shape index (κ2) is 4.77. The predicted molar refractivity (Wildman–Crippen MR) is 57.7 cm³/mol. The van der Waals surface area contributed by atoms with Gasteiger partial charge in [-0.3, -0.25) is 0 Å². The van der Waals surface area contributed by atoms with Crippen LogP contribution in [0.3, 0.4) is 0 Å². The fourth-order valence-corrected chi connectivity index (χ4v) is 2.16. The van der Waals surface area contributed by atoms with E-state index in [0.29, 0.717) is 0 Å². The van der Waals surface area contributed by atoms with E-state index in [1.54, 1.807) is 0 Å². The molecule has 1 unspecified atom stereocenters. The fourth-order valence-electron chi connectivity index (χ4n) is 1.00. The van der Waals surface area contributed by atoms with Crippen LogP contribution in [-0.4, -0.2) is 26.2 Å². The molecule has 5 nitrogen and oxygen atoms in total. The summed E-state index contributed by atoms with van der Waals surface area (Å²) in [6.07, 6.45) is -0.799.